The van der Waals surface area contributed by atoms with Crippen LogP contribution >= 0.6 is 0 Å². The summed E-state index contributed by atoms with van der Waals surface area (Å²) in [6, 6.07) is 2.67. The minimum Gasteiger partial charge on any atom is -0.480 e. The van der Waals surface area contributed by atoms with Crippen molar-refractivity contribution in [2.24, 2.45) is 0 Å². The van der Waals surface area contributed by atoms with Crippen LogP contribution in [0.15, 0.2) is 18.3 Å². The first-order chi connectivity index (χ1) is 10.00. The molecule has 1 atom stereocenters. The summed E-state index contributed by atoms with van der Waals surface area (Å²) in [4.78, 5) is 17.9. The van der Waals surface area contributed by atoms with E-state index in [2.05, 4.69) is 29.0 Å². The van der Waals surface area contributed by atoms with Gasteiger partial charge < -0.3 is 10.0 Å². The highest BCUT2D eigenvalue weighted by Gasteiger charge is 2.39. The van der Waals surface area contributed by atoms with Gasteiger partial charge in [-0.2, -0.15) is 0 Å². The fourth-order valence-corrected chi connectivity index (χ4v) is 2.33. The van der Waals surface area contributed by atoms with E-state index in [-0.39, 0.29) is 0 Å². The third kappa shape index (κ3) is 4.22. The van der Waals surface area contributed by atoms with E-state index in [0.29, 0.717) is 18.7 Å². The zero-order chi connectivity index (χ0) is 15.9. The summed E-state index contributed by atoms with van der Waals surface area (Å²) in [7, 11) is 0. The molecule has 0 amide bonds. The van der Waals surface area contributed by atoms with E-state index in [1.165, 1.54) is 12.1 Å². The Morgan fingerprint density at radius 1 is 1.38 bits per heavy atom. The molecule has 1 unspecified atom stereocenters. The summed E-state index contributed by atoms with van der Waals surface area (Å²) in [5.41, 5.74) is -0.945. The average Bonchev–Trinajstić information content (AvgIpc) is 2.49. The number of aliphatic carboxylic acids is 1. The third-order valence-electron chi connectivity index (χ3n) is 3.81. The molecule has 118 valence electrons. The molecular formula is C15H24FN3O2. The number of aromatic nitrogens is 1. The highest BCUT2D eigenvalue weighted by atomic mass is 19.1. The molecular weight excluding hydrogens is 273 g/mol. The maximum absolute atomic E-state index is 13.0. The molecule has 0 radical (unpaired) electrons. The van der Waals surface area contributed by atoms with Gasteiger partial charge in [0.25, 0.3) is 0 Å². The normalized spacial score (nSPS) is 14.1. The molecule has 0 aliphatic carbocycles. The minimum atomic E-state index is -1.28. The van der Waals surface area contributed by atoms with Crippen LogP contribution in [0.25, 0.3) is 0 Å². The standard InChI is InChI=1S/C15H24FN3O2/c1-4-15(14(20)21,13-8-7-12(16)11-17-13)18-9-10-19(5-2)6-3/h7-8,11,18H,4-6,9-10H2,1-3H3,(H,20,21). The maximum atomic E-state index is 13.0. The van der Waals surface area contributed by atoms with Crippen LogP contribution < -0.4 is 5.32 Å². The number of carboxylic acids is 1. The fourth-order valence-electron chi connectivity index (χ4n) is 2.33. The van der Waals surface area contributed by atoms with Gasteiger partial charge in [0, 0.05) is 13.1 Å². The molecule has 1 rings (SSSR count). The number of hydrogen-bond acceptors (Lipinski definition) is 4. The largest absolute Gasteiger partial charge is 0.480 e. The van der Waals surface area contributed by atoms with E-state index in [1.807, 2.05) is 0 Å². The molecule has 1 aromatic rings. The number of nitrogens with one attached hydrogen (secondary N) is 1. The van der Waals surface area contributed by atoms with Crippen molar-refractivity contribution >= 4 is 5.97 Å². The van der Waals surface area contributed by atoms with Crippen molar-refractivity contribution in [2.75, 3.05) is 26.2 Å². The lowest BCUT2D eigenvalue weighted by Gasteiger charge is -2.30. The Morgan fingerprint density at radius 3 is 2.48 bits per heavy atom. The second kappa shape index (κ2) is 8.05. The molecule has 0 aliphatic heterocycles. The van der Waals surface area contributed by atoms with Crippen LogP contribution in [0.5, 0.6) is 0 Å². The van der Waals surface area contributed by atoms with Crippen LogP contribution in [-0.2, 0) is 10.3 Å². The first-order valence-electron chi connectivity index (χ1n) is 7.32. The Morgan fingerprint density at radius 2 is 2.05 bits per heavy atom. The number of hydrogen-bond donors (Lipinski definition) is 2. The van der Waals surface area contributed by atoms with Gasteiger partial charge in [-0.1, -0.05) is 20.8 Å². The lowest BCUT2D eigenvalue weighted by molar-refractivity contribution is -0.145. The minimum absolute atomic E-state index is 0.332. The van der Waals surface area contributed by atoms with Crippen LogP contribution in [0, 0.1) is 5.82 Å². The number of pyridine rings is 1. The van der Waals surface area contributed by atoms with E-state index < -0.39 is 17.3 Å². The van der Waals surface area contributed by atoms with E-state index in [0.717, 1.165) is 25.8 Å². The van der Waals surface area contributed by atoms with Crippen LogP contribution in [0.4, 0.5) is 4.39 Å². The molecule has 0 aliphatic rings. The van der Waals surface area contributed by atoms with E-state index in [4.69, 9.17) is 0 Å². The molecule has 0 spiro atoms. The molecule has 0 aromatic carbocycles. The molecule has 21 heavy (non-hydrogen) atoms. The van der Waals surface area contributed by atoms with Crippen LogP contribution in [-0.4, -0.2) is 47.1 Å². The van der Waals surface area contributed by atoms with Gasteiger partial charge in [0.05, 0.1) is 11.9 Å². The van der Waals surface area contributed by atoms with Gasteiger partial charge in [-0.3, -0.25) is 10.3 Å². The number of nitrogens with zero attached hydrogens (tertiary/aromatic N) is 2. The van der Waals surface area contributed by atoms with Crippen LogP contribution in [0.3, 0.4) is 0 Å². The summed E-state index contributed by atoms with van der Waals surface area (Å²) in [5, 5.41) is 12.7. The molecule has 5 nitrogen and oxygen atoms in total. The van der Waals surface area contributed by atoms with Gasteiger partial charge in [0.15, 0.2) is 5.54 Å². The molecule has 2 N–H and O–H groups in total. The van der Waals surface area contributed by atoms with Crippen molar-refractivity contribution in [1.29, 1.82) is 0 Å². The lowest BCUT2D eigenvalue weighted by atomic mass is 9.91. The third-order valence-corrected chi connectivity index (χ3v) is 3.81. The van der Waals surface area contributed by atoms with Gasteiger partial charge in [0.1, 0.15) is 5.82 Å². The number of rotatable bonds is 9. The second-order valence-corrected chi connectivity index (χ2v) is 4.88. The lowest BCUT2D eigenvalue weighted by Crippen LogP contribution is -2.51. The van der Waals surface area contributed by atoms with E-state index >= 15 is 0 Å². The summed E-state index contributed by atoms with van der Waals surface area (Å²) < 4.78 is 13.0. The summed E-state index contributed by atoms with van der Waals surface area (Å²) in [6.07, 6.45) is 1.38. The highest BCUT2D eigenvalue weighted by molar-refractivity contribution is 5.80. The van der Waals surface area contributed by atoms with Crippen molar-refractivity contribution in [2.45, 2.75) is 32.7 Å². The predicted octanol–water partition coefficient (Wildman–Crippen LogP) is 1.84. The monoisotopic (exact) mass is 297 g/mol. The van der Waals surface area contributed by atoms with Gasteiger partial charge in [-0.25, -0.2) is 9.18 Å². The quantitative estimate of drug-likeness (QED) is 0.728. The van der Waals surface area contributed by atoms with Crippen LogP contribution in [0.2, 0.25) is 0 Å². The number of halogens is 1. The predicted molar refractivity (Wildman–Crippen MR) is 79.6 cm³/mol. The van der Waals surface area contributed by atoms with Gasteiger partial charge in [0.2, 0.25) is 0 Å². The van der Waals surface area contributed by atoms with Crippen molar-refractivity contribution in [1.82, 2.24) is 15.2 Å². The molecule has 1 heterocycles. The summed E-state index contributed by atoms with van der Waals surface area (Å²) >= 11 is 0. The molecule has 0 fully saturated rings. The molecule has 0 saturated carbocycles. The first-order valence-corrected chi connectivity index (χ1v) is 7.32. The Balaban J connectivity index is 2.89. The van der Waals surface area contributed by atoms with Crippen LogP contribution in [0.1, 0.15) is 32.9 Å². The number of carboxylic acid groups (broad SMARTS) is 1. The summed E-state index contributed by atoms with van der Waals surface area (Å²) in [5.74, 6) is -1.47. The number of carbonyl (C=O) groups is 1. The van der Waals surface area contributed by atoms with Gasteiger partial charge >= 0.3 is 5.97 Å². The van der Waals surface area contributed by atoms with Crippen molar-refractivity contribution < 1.29 is 14.3 Å². The number of likely N-dealkylation sites (N-methyl/N-ethyl adjacent to an activating group) is 1. The van der Waals surface area contributed by atoms with Crippen molar-refractivity contribution in [3.05, 3.63) is 29.8 Å². The second-order valence-electron chi connectivity index (χ2n) is 4.88. The fraction of sp³-hybridized carbons (Fsp3) is 0.600. The topological polar surface area (TPSA) is 65.5 Å². The van der Waals surface area contributed by atoms with Gasteiger partial charge in [-0.15, -0.1) is 0 Å². The Hall–Kier alpha value is -1.53. The Bertz CT molecular complexity index is 449. The van der Waals surface area contributed by atoms with E-state index in [1.54, 1.807) is 6.92 Å². The first kappa shape index (κ1) is 17.5. The molecule has 0 bridgehead atoms. The molecule has 1 aromatic heterocycles. The van der Waals surface area contributed by atoms with Crippen molar-refractivity contribution in [3.8, 4) is 0 Å². The van der Waals surface area contributed by atoms with E-state index in [9.17, 15) is 14.3 Å². The Kier molecular flexibility index (Phi) is 6.71. The summed E-state index contributed by atoms with van der Waals surface area (Å²) in [6.45, 7) is 9.02. The van der Waals surface area contributed by atoms with Crippen molar-refractivity contribution in [3.63, 3.8) is 0 Å². The maximum Gasteiger partial charge on any atom is 0.330 e. The van der Waals surface area contributed by atoms with Gasteiger partial charge in [-0.05, 0) is 31.6 Å². The molecule has 0 saturated heterocycles. The Labute approximate surface area is 125 Å². The SMILES string of the molecule is CCN(CC)CCNC(CC)(C(=O)O)c1ccc(F)cn1. The average molecular weight is 297 g/mol. The zero-order valence-corrected chi connectivity index (χ0v) is 12.9. The zero-order valence-electron chi connectivity index (χ0n) is 12.9. The highest BCUT2D eigenvalue weighted by Crippen LogP contribution is 2.23. The smallest absolute Gasteiger partial charge is 0.330 e. The molecule has 6 heteroatoms.